The number of amides is 1. The molecule has 2 aromatic rings. The number of anilines is 1. The Hall–Kier alpha value is -2.33. The molecular weight excluding hydrogens is 358 g/mol. The highest BCUT2D eigenvalue weighted by Gasteiger charge is 2.22. The number of piperazine rings is 1. The minimum atomic E-state index is 0.313. The summed E-state index contributed by atoms with van der Waals surface area (Å²) in [5, 5.41) is 0. The lowest BCUT2D eigenvalue weighted by atomic mass is 10.1. The van der Waals surface area contributed by atoms with E-state index >= 15 is 0 Å². The van der Waals surface area contributed by atoms with Crippen molar-refractivity contribution in [2.24, 2.45) is 0 Å². The Bertz CT molecular complexity index is 801. The van der Waals surface area contributed by atoms with E-state index in [1.807, 2.05) is 4.90 Å². The van der Waals surface area contributed by atoms with Crippen molar-refractivity contribution in [1.82, 2.24) is 9.80 Å². The van der Waals surface area contributed by atoms with Crippen molar-refractivity contribution >= 4 is 11.6 Å². The minimum Gasteiger partial charge on any atom is -0.369 e. The van der Waals surface area contributed by atoms with Crippen molar-refractivity contribution in [1.29, 1.82) is 0 Å². The Labute approximate surface area is 175 Å². The van der Waals surface area contributed by atoms with Gasteiger partial charge in [0.1, 0.15) is 0 Å². The Morgan fingerprint density at radius 1 is 0.828 bits per heavy atom. The van der Waals surface area contributed by atoms with E-state index in [9.17, 15) is 4.79 Å². The van der Waals surface area contributed by atoms with Crippen LogP contribution in [0.15, 0.2) is 48.5 Å². The maximum Gasteiger partial charge on any atom is 0.223 e. The van der Waals surface area contributed by atoms with E-state index in [1.165, 1.54) is 28.8 Å². The van der Waals surface area contributed by atoms with Crippen LogP contribution in [-0.4, -0.2) is 48.4 Å². The number of para-hydroxylation sites is 1. The number of benzene rings is 2. The van der Waals surface area contributed by atoms with Gasteiger partial charge in [0.25, 0.3) is 0 Å². The first-order valence-electron chi connectivity index (χ1n) is 11.1. The van der Waals surface area contributed by atoms with Crippen LogP contribution in [0.25, 0.3) is 0 Å². The minimum absolute atomic E-state index is 0.313. The fraction of sp³-hybridized carbons (Fsp3) is 0.480. The number of unbranched alkanes of at least 4 members (excludes halogenated alkanes) is 2. The molecule has 0 atom stereocenters. The van der Waals surface area contributed by atoms with Gasteiger partial charge >= 0.3 is 0 Å². The van der Waals surface area contributed by atoms with Gasteiger partial charge in [-0.3, -0.25) is 9.69 Å². The zero-order chi connectivity index (χ0) is 20.1. The number of carbonyl (C=O) groups excluding carboxylic acids is 1. The lowest BCUT2D eigenvalue weighted by molar-refractivity contribution is -0.131. The van der Waals surface area contributed by atoms with Crippen LogP contribution < -0.4 is 4.90 Å². The molecule has 0 N–H and O–H groups in total. The van der Waals surface area contributed by atoms with E-state index in [0.29, 0.717) is 12.3 Å². The van der Waals surface area contributed by atoms with Crippen LogP contribution in [-0.2, 0) is 17.9 Å². The molecule has 0 bridgehead atoms. The molecule has 0 saturated carbocycles. The molecule has 154 valence electrons. The predicted octanol–water partition coefficient (Wildman–Crippen LogP) is 4.22. The number of nitrogens with zero attached hydrogens (tertiary/aromatic N) is 3. The molecule has 1 fully saturated rings. The molecule has 0 aliphatic carbocycles. The van der Waals surface area contributed by atoms with Crippen LogP contribution >= 0.6 is 0 Å². The summed E-state index contributed by atoms with van der Waals surface area (Å²) in [6.07, 6.45) is 4.03. The summed E-state index contributed by atoms with van der Waals surface area (Å²) in [4.78, 5) is 19.6. The second-order valence-corrected chi connectivity index (χ2v) is 8.44. The summed E-state index contributed by atoms with van der Waals surface area (Å²) in [5.74, 6) is 0.313. The summed E-state index contributed by atoms with van der Waals surface area (Å²) in [6, 6.07) is 17.1. The van der Waals surface area contributed by atoms with Crippen molar-refractivity contribution in [3.05, 3.63) is 65.2 Å². The van der Waals surface area contributed by atoms with Crippen molar-refractivity contribution in [2.75, 3.05) is 37.6 Å². The first-order chi connectivity index (χ1) is 14.2. The lowest BCUT2D eigenvalue weighted by Gasteiger charge is -2.36. The topological polar surface area (TPSA) is 26.8 Å². The number of aryl methyl sites for hydroxylation is 1. The molecule has 1 saturated heterocycles. The van der Waals surface area contributed by atoms with Gasteiger partial charge in [0.2, 0.25) is 5.91 Å². The molecule has 0 radical (unpaired) electrons. The van der Waals surface area contributed by atoms with Gasteiger partial charge in [0.05, 0.1) is 0 Å². The van der Waals surface area contributed by atoms with E-state index in [4.69, 9.17) is 0 Å². The van der Waals surface area contributed by atoms with Crippen molar-refractivity contribution < 1.29 is 4.79 Å². The van der Waals surface area contributed by atoms with Gasteiger partial charge in [-0.25, -0.2) is 0 Å². The molecule has 2 heterocycles. The van der Waals surface area contributed by atoms with E-state index in [1.54, 1.807) is 0 Å². The highest BCUT2D eigenvalue weighted by Crippen LogP contribution is 2.23. The Balaban J connectivity index is 1.10. The Morgan fingerprint density at radius 2 is 1.48 bits per heavy atom. The van der Waals surface area contributed by atoms with Crippen LogP contribution in [0.1, 0.15) is 42.4 Å². The molecule has 2 aliphatic rings. The van der Waals surface area contributed by atoms with Gasteiger partial charge in [0, 0.05) is 51.4 Å². The number of carbonyl (C=O) groups is 1. The maximum atomic E-state index is 12.5. The second-order valence-electron chi connectivity index (χ2n) is 8.44. The molecule has 0 unspecified atom stereocenters. The number of hydrogen-bond donors (Lipinski definition) is 0. The normalized spacial score (nSPS) is 16.9. The van der Waals surface area contributed by atoms with Crippen molar-refractivity contribution in [2.45, 2.75) is 45.7 Å². The quantitative estimate of drug-likeness (QED) is 0.661. The van der Waals surface area contributed by atoms with Crippen LogP contribution in [0, 0.1) is 6.92 Å². The number of rotatable bonds is 7. The van der Waals surface area contributed by atoms with Crippen LogP contribution in [0.2, 0.25) is 0 Å². The van der Waals surface area contributed by atoms with Crippen LogP contribution in [0.4, 0.5) is 5.69 Å². The molecular formula is C25H33N3O. The molecule has 0 spiro atoms. The van der Waals surface area contributed by atoms with Gasteiger partial charge < -0.3 is 9.80 Å². The highest BCUT2D eigenvalue weighted by atomic mass is 16.2. The standard InChI is InChI=1S/C25H33N3O/c1-21-9-4-7-12-24(21)27-17-15-26(16-18-27)14-8-2-3-13-25(29)28-19-22-10-5-6-11-23(22)20-28/h4-7,9-12H,2-3,8,13-20H2,1H3. The van der Waals surface area contributed by atoms with Crippen molar-refractivity contribution in [3.63, 3.8) is 0 Å². The number of hydrogen-bond acceptors (Lipinski definition) is 3. The highest BCUT2D eigenvalue weighted by molar-refractivity contribution is 5.76. The van der Waals surface area contributed by atoms with Crippen LogP contribution in [0.5, 0.6) is 0 Å². The zero-order valence-electron chi connectivity index (χ0n) is 17.6. The Kier molecular flexibility index (Phi) is 6.50. The van der Waals surface area contributed by atoms with E-state index < -0.39 is 0 Å². The molecule has 4 nitrogen and oxygen atoms in total. The number of fused-ring (bicyclic) bond motifs is 1. The van der Waals surface area contributed by atoms with Gasteiger partial charge in [-0.05, 0) is 49.1 Å². The second kappa shape index (κ2) is 9.45. The first kappa shape index (κ1) is 20.0. The van der Waals surface area contributed by atoms with Crippen molar-refractivity contribution in [3.8, 4) is 0 Å². The molecule has 1 amide bonds. The predicted molar refractivity (Wildman–Crippen MR) is 119 cm³/mol. The third kappa shape index (κ3) is 4.99. The largest absolute Gasteiger partial charge is 0.369 e. The summed E-state index contributed by atoms with van der Waals surface area (Å²) >= 11 is 0. The third-order valence-electron chi connectivity index (χ3n) is 6.39. The van der Waals surface area contributed by atoms with Gasteiger partial charge in [-0.2, -0.15) is 0 Å². The fourth-order valence-electron chi connectivity index (χ4n) is 4.59. The van der Waals surface area contributed by atoms with Gasteiger partial charge in [-0.1, -0.05) is 48.9 Å². The van der Waals surface area contributed by atoms with Crippen LogP contribution in [0.3, 0.4) is 0 Å². The molecule has 4 heteroatoms. The molecule has 4 rings (SSSR count). The van der Waals surface area contributed by atoms with Gasteiger partial charge in [0.15, 0.2) is 0 Å². The summed E-state index contributed by atoms with van der Waals surface area (Å²) in [6.45, 7) is 9.44. The SMILES string of the molecule is Cc1ccccc1N1CCN(CCCCCC(=O)N2Cc3ccccc3C2)CC1. The fourth-order valence-corrected chi connectivity index (χ4v) is 4.59. The summed E-state index contributed by atoms with van der Waals surface area (Å²) in [7, 11) is 0. The van der Waals surface area contributed by atoms with E-state index in [0.717, 1.165) is 58.7 Å². The lowest BCUT2D eigenvalue weighted by Crippen LogP contribution is -2.46. The zero-order valence-corrected chi connectivity index (χ0v) is 17.6. The summed E-state index contributed by atoms with van der Waals surface area (Å²) in [5.41, 5.74) is 5.37. The molecule has 0 aromatic heterocycles. The first-order valence-corrected chi connectivity index (χ1v) is 11.1. The van der Waals surface area contributed by atoms with Gasteiger partial charge in [-0.15, -0.1) is 0 Å². The smallest absolute Gasteiger partial charge is 0.223 e. The monoisotopic (exact) mass is 391 g/mol. The molecule has 29 heavy (non-hydrogen) atoms. The molecule has 2 aliphatic heterocycles. The van der Waals surface area contributed by atoms with E-state index in [-0.39, 0.29) is 0 Å². The average molecular weight is 392 g/mol. The summed E-state index contributed by atoms with van der Waals surface area (Å²) < 4.78 is 0. The average Bonchev–Trinajstić information content (AvgIpc) is 3.19. The van der Waals surface area contributed by atoms with E-state index in [2.05, 4.69) is 65.3 Å². The molecule has 2 aromatic carbocycles. The third-order valence-corrected chi connectivity index (χ3v) is 6.39. The Morgan fingerprint density at radius 3 is 2.17 bits per heavy atom. The maximum absolute atomic E-state index is 12.5.